The minimum Gasteiger partial charge on any atom is -0.497 e. The summed E-state index contributed by atoms with van der Waals surface area (Å²) >= 11 is 0. The Morgan fingerprint density at radius 3 is 2.17 bits per heavy atom. The highest BCUT2D eigenvalue weighted by atomic mass is 16.7. The average Bonchev–Trinajstić information content (AvgIpc) is 2.05. The Morgan fingerprint density at radius 2 is 1.75 bits per heavy atom. The molecule has 1 aromatic rings. The molecule has 1 aromatic carbocycles. The molecule has 0 aliphatic heterocycles. The first-order valence-corrected chi connectivity index (χ1v) is 3.27. The van der Waals surface area contributed by atoms with Gasteiger partial charge in [-0.3, -0.25) is 0 Å². The Morgan fingerprint density at radius 1 is 1.25 bits per heavy atom. The van der Waals surface area contributed by atoms with Crippen molar-refractivity contribution in [2.45, 2.75) is 0 Å². The van der Waals surface area contributed by atoms with Gasteiger partial charge in [-0.1, -0.05) is 0 Å². The third-order valence-electron chi connectivity index (χ3n) is 1.26. The van der Waals surface area contributed by atoms with Crippen LogP contribution in [-0.4, -0.2) is 18.4 Å². The highest BCUT2D eigenvalue weighted by Crippen LogP contribution is 2.16. The SMILES string of the molecule is COc1ccc(OC(=O)O)cc1. The Kier molecular flexibility index (Phi) is 2.53. The number of hydrogen-bond acceptors (Lipinski definition) is 3. The molecule has 1 rings (SSSR count). The summed E-state index contributed by atoms with van der Waals surface area (Å²) in [5, 5.41) is 8.24. The topological polar surface area (TPSA) is 55.8 Å². The minimum atomic E-state index is -1.32. The molecule has 0 fully saturated rings. The summed E-state index contributed by atoms with van der Waals surface area (Å²) in [5.41, 5.74) is 0. The molecular formula is C8H8O4. The first-order valence-electron chi connectivity index (χ1n) is 3.27. The zero-order chi connectivity index (χ0) is 8.97. The Hall–Kier alpha value is -1.71. The minimum absolute atomic E-state index is 0.281. The van der Waals surface area contributed by atoms with Gasteiger partial charge in [-0.05, 0) is 24.3 Å². The van der Waals surface area contributed by atoms with Crippen LogP contribution < -0.4 is 9.47 Å². The number of hydrogen-bond donors (Lipinski definition) is 1. The maximum atomic E-state index is 10.1. The molecule has 0 saturated carbocycles. The van der Waals surface area contributed by atoms with Crippen molar-refractivity contribution >= 4 is 6.16 Å². The van der Waals surface area contributed by atoms with Crippen LogP contribution >= 0.6 is 0 Å². The van der Waals surface area contributed by atoms with E-state index in [1.54, 1.807) is 12.1 Å². The predicted molar refractivity (Wildman–Crippen MR) is 41.6 cm³/mol. The van der Waals surface area contributed by atoms with Crippen molar-refractivity contribution in [3.8, 4) is 11.5 Å². The maximum absolute atomic E-state index is 10.1. The molecule has 4 heteroatoms. The summed E-state index contributed by atoms with van der Waals surface area (Å²) in [6, 6.07) is 6.29. The standard InChI is InChI=1S/C8H8O4/c1-11-6-2-4-7(5-3-6)12-8(9)10/h2-5H,1H3,(H,9,10). The van der Waals surface area contributed by atoms with Crippen molar-refractivity contribution in [1.82, 2.24) is 0 Å². The van der Waals surface area contributed by atoms with Crippen molar-refractivity contribution in [2.75, 3.05) is 7.11 Å². The lowest BCUT2D eigenvalue weighted by Gasteiger charge is -2.00. The summed E-state index contributed by atoms with van der Waals surface area (Å²) in [4.78, 5) is 10.1. The summed E-state index contributed by atoms with van der Waals surface area (Å²) < 4.78 is 9.25. The van der Waals surface area contributed by atoms with Gasteiger partial charge in [-0.25, -0.2) is 4.79 Å². The van der Waals surface area contributed by atoms with Crippen LogP contribution in [0.5, 0.6) is 11.5 Å². The number of rotatable bonds is 2. The van der Waals surface area contributed by atoms with Crippen molar-refractivity contribution in [3.05, 3.63) is 24.3 Å². The largest absolute Gasteiger partial charge is 0.511 e. The van der Waals surface area contributed by atoms with Crippen molar-refractivity contribution < 1.29 is 19.4 Å². The molecule has 0 aliphatic carbocycles. The zero-order valence-electron chi connectivity index (χ0n) is 6.48. The normalized spacial score (nSPS) is 9.08. The lowest BCUT2D eigenvalue weighted by atomic mass is 10.3. The lowest BCUT2D eigenvalue weighted by Crippen LogP contribution is -2.02. The van der Waals surface area contributed by atoms with Gasteiger partial charge >= 0.3 is 6.16 Å². The summed E-state index contributed by atoms with van der Waals surface area (Å²) in [6.07, 6.45) is -1.32. The van der Waals surface area contributed by atoms with Gasteiger partial charge in [0, 0.05) is 0 Å². The lowest BCUT2D eigenvalue weighted by molar-refractivity contribution is 0.144. The second-order valence-corrected chi connectivity index (χ2v) is 2.04. The van der Waals surface area contributed by atoms with Crippen LogP contribution in [0.15, 0.2) is 24.3 Å². The molecule has 4 nitrogen and oxygen atoms in total. The Balaban J connectivity index is 2.71. The van der Waals surface area contributed by atoms with Crippen LogP contribution in [0.25, 0.3) is 0 Å². The fraction of sp³-hybridized carbons (Fsp3) is 0.125. The fourth-order valence-electron chi connectivity index (χ4n) is 0.745. The highest BCUT2D eigenvalue weighted by Gasteiger charge is 1.99. The van der Waals surface area contributed by atoms with E-state index in [1.165, 1.54) is 19.2 Å². The average molecular weight is 168 g/mol. The second kappa shape index (κ2) is 3.61. The highest BCUT2D eigenvalue weighted by molar-refractivity contribution is 5.61. The van der Waals surface area contributed by atoms with E-state index < -0.39 is 6.16 Å². The number of carboxylic acid groups (broad SMARTS) is 1. The molecule has 0 spiro atoms. The molecule has 0 radical (unpaired) electrons. The first-order chi connectivity index (χ1) is 5.72. The van der Waals surface area contributed by atoms with Gasteiger partial charge in [0.1, 0.15) is 11.5 Å². The predicted octanol–water partition coefficient (Wildman–Crippen LogP) is 1.75. The second-order valence-electron chi connectivity index (χ2n) is 2.04. The Bertz CT molecular complexity index is 265. The quantitative estimate of drug-likeness (QED) is 0.540. The molecule has 0 saturated heterocycles. The molecule has 64 valence electrons. The van der Waals surface area contributed by atoms with Gasteiger partial charge in [-0.15, -0.1) is 0 Å². The zero-order valence-corrected chi connectivity index (χ0v) is 6.48. The van der Waals surface area contributed by atoms with Crippen LogP contribution in [0.1, 0.15) is 0 Å². The summed E-state index contributed by atoms with van der Waals surface area (Å²) in [5.74, 6) is 0.941. The van der Waals surface area contributed by atoms with Crippen molar-refractivity contribution in [1.29, 1.82) is 0 Å². The van der Waals surface area contributed by atoms with Gasteiger partial charge in [-0.2, -0.15) is 0 Å². The Labute approximate surface area is 69.3 Å². The van der Waals surface area contributed by atoms with Crippen molar-refractivity contribution in [2.24, 2.45) is 0 Å². The van der Waals surface area contributed by atoms with Crippen molar-refractivity contribution in [3.63, 3.8) is 0 Å². The molecule has 0 aromatic heterocycles. The van der Waals surface area contributed by atoms with Gasteiger partial charge < -0.3 is 14.6 Å². The number of methoxy groups -OCH3 is 1. The molecule has 0 bridgehead atoms. The van der Waals surface area contributed by atoms with Gasteiger partial charge in [0.2, 0.25) is 0 Å². The van der Waals surface area contributed by atoms with E-state index in [0.717, 1.165) is 0 Å². The monoisotopic (exact) mass is 168 g/mol. The van der Waals surface area contributed by atoms with Crippen LogP contribution in [-0.2, 0) is 0 Å². The van der Waals surface area contributed by atoms with Crippen LogP contribution in [0.3, 0.4) is 0 Å². The first kappa shape index (κ1) is 8.39. The summed E-state index contributed by atoms with van der Waals surface area (Å²) in [7, 11) is 1.53. The van der Waals surface area contributed by atoms with Crippen LogP contribution in [0.2, 0.25) is 0 Å². The third kappa shape index (κ3) is 2.16. The number of benzene rings is 1. The molecule has 0 unspecified atom stereocenters. The molecule has 1 N–H and O–H groups in total. The van der Waals surface area contributed by atoms with E-state index in [4.69, 9.17) is 9.84 Å². The summed E-state index contributed by atoms with van der Waals surface area (Å²) in [6.45, 7) is 0. The smallest absolute Gasteiger partial charge is 0.497 e. The fourth-order valence-corrected chi connectivity index (χ4v) is 0.745. The van der Waals surface area contributed by atoms with E-state index in [-0.39, 0.29) is 5.75 Å². The van der Waals surface area contributed by atoms with Gasteiger partial charge in [0.25, 0.3) is 0 Å². The van der Waals surface area contributed by atoms with E-state index in [1.807, 2.05) is 0 Å². The van der Waals surface area contributed by atoms with E-state index in [9.17, 15) is 4.79 Å². The van der Waals surface area contributed by atoms with E-state index in [2.05, 4.69) is 4.74 Å². The maximum Gasteiger partial charge on any atom is 0.511 e. The van der Waals surface area contributed by atoms with Gasteiger partial charge in [0.15, 0.2) is 0 Å². The molecule has 0 aliphatic rings. The molecule has 0 heterocycles. The van der Waals surface area contributed by atoms with E-state index in [0.29, 0.717) is 5.75 Å². The van der Waals surface area contributed by atoms with Crippen LogP contribution in [0, 0.1) is 0 Å². The van der Waals surface area contributed by atoms with E-state index >= 15 is 0 Å². The van der Waals surface area contributed by atoms with Crippen LogP contribution in [0.4, 0.5) is 4.79 Å². The molecule has 0 atom stereocenters. The molecular weight excluding hydrogens is 160 g/mol. The number of carbonyl (C=O) groups is 1. The molecule has 12 heavy (non-hydrogen) atoms. The molecule has 0 amide bonds. The number of ether oxygens (including phenoxy) is 2. The van der Waals surface area contributed by atoms with Gasteiger partial charge in [0.05, 0.1) is 7.11 Å². The third-order valence-corrected chi connectivity index (χ3v) is 1.26.